The quantitative estimate of drug-likeness (QED) is 0.566. The summed E-state index contributed by atoms with van der Waals surface area (Å²) in [6.07, 6.45) is 0.348. The van der Waals surface area contributed by atoms with E-state index in [1.54, 1.807) is 0 Å². The van der Waals surface area contributed by atoms with Gasteiger partial charge in [0.05, 0.1) is 5.54 Å². The Morgan fingerprint density at radius 2 is 1.89 bits per heavy atom. The summed E-state index contributed by atoms with van der Waals surface area (Å²) in [5.74, 6) is 1.21. The van der Waals surface area contributed by atoms with Crippen LogP contribution in [0.5, 0.6) is 5.75 Å². The second kappa shape index (κ2) is 9.79. The molecule has 0 saturated heterocycles. The van der Waals surface area contributed by atoms with E-state index < -0.39 is 11.6 Å². The zero-order valence-electron chi connectivity index (χ0n) is 16.4. The van der Waals surface area contributed by atoms with Crippen molar-refractivity contribution >= 4 is 22.0 Å². The van der Waals surface area contributed by atoms with E-state index in [0.29, 0.717) is 12.5 Å². The molecule has 0 saturated carbocycles. The molecule has 0 heterocycles. The number of rotatable bonds is 8. The summed E-state index contributed by atoms with van der Waals surface area (Å²) in [5, 5.41) is 3.00. The zero-order chi connectivity index (χ0) is 19.9. The molecule has 0 bridgehead atoms. The molecule has 1 unspecified atom stereocenters. The highest BCUT2D eigenvalue weighted by Gasteiger charge is 2.29. The first-order chi connectivity index (χ1) is 12.8. The molecule has 0 aliphatic carbocycles. The summed E-state index contributed by atoms with van der Waals surface area (Å²) in [6.45, 7) is 8.86. The van der Waals surface area contributed by atoms with Gasteiger partial charge in [-0.1, -0.05) is 60.1 Å². The van der Waals surface area contributed by atoms with Gasteiger partial charge in [0.2, 0.25) is 0 Å². The lowest BCUT2D eigenvalue weighted by Gasteiger charge is -2.32. The van der Waals surface area contributed by atoms with E-state index in [2.05, 4.69) is 35.1 Å². The maximum Gasteiger partial charge on any atom is 0.408 e. The maximum atomic E-state index is 12.3. The van der Waals surface area contributed by atoms with Crippen molar-refractivity contribution in [3.05, 3.63) is 64.1 Å². The summed E-state index contributed by atoms with van der Waals surface area (Å²) >= 11 is 3.46. The Labute approximate surface area is 170 Å². The lowest BCUT2D eigenvalue weighted by molar-refractivity contribution is 0.109. The third kappa shape index (κ3) is 7.25. The van der Waals surface area contributed by atoms with Gasteiger partial charge in [0.25, 0.3) is 0 Å². The first-order valence-corrected chi connectivity index (χ1v) is 9.94. The Bertz CT molecular complexity index is 748. The molecule has 27 heavy (non-hydrogen) atoms. The lowest BCUT2D eigenvalue weighted by atomic mass is 9.91. The molecule has 0 fully saturated rings. The molecular formula is C22H28BrNO3. The first-order valence-electron chi connectivity index (χ1n) is 9.15. The minimum atomic E-state index is -0.526. The van der Waals surface area contributed by atoms with Gasteiger partial charge in [0, 0.05) is 4.47 Å². The SMILES string of the molecule is Cc1cc(Br)ccc1OCC(C)(CC(C)C)NC(=O)OCc1ccccc1. The molecule has 4 nitrogen and oxygen atoms in total. The van der Waals surface area contributed by atoms with Crippen LogP contribution in [0.3, 0.4) is 0 Å². The van der Waals surface area contributed by atoms with Gasteiger partial charge >= 0.3 is 6.09 Å². The Balaban J connectivity index is 1.98. The zero-order valence-corrected chi connectivity index (χ0v) is 18.0. The topological polar surface area (TPSA) is 47.6 Å². The monoisotopic (exact) mass is 433 g/mol. The van der Waals surface area contributed by atoms with Crippen LogP contribution in [0.1, 0.15) is 38.3 Å². The smallest absolute Gasteiger partial charge is 0.408 e. The van der Waals surface area contributed by atoms with Crippen LogP contribution in [0.4, 0.5) is 4.79 Å². The van der Waals surface area contributed by atoms with E-state index in [4.69, 9.17) is 9.47 Å². The predicted molar refractivity (Wildman–Crippen MR) is 112 cm³/mol. The average molecular weight is 434 g/mol. The number of hydrogen-bond acceptors (Lipinski definition) is 3. The summed E-state index contributed by atoms with van der Waals surface area (Å²) in [6, 6.07) is 15.5. The third-order valence-electron chi connectivity index (χ3n) is 4.16. The van der Waals surface area contributed by atoms with Gasteiger partial charge in [-0.3, -0.25) is 0 Å². The minimum Gasteiger partial charge on any atom is -0.491 e. The average Bonchev–Trinajstić information content (AvgIpc) is 2.59. The van der Waals surface area contributed by atoms with Crippen LogP contribution in [0.25, 0.3) is 0 Å². The highest BCUT2D eigenvalue weighted by molar-refractivity contribution is 9.10. The fraction of sp³-hybridized carbons (Fsp3) is 0.409. The molecular weight excluding hydrogens is 406 g/mol. The van der Waals surface area contributed by atoms with Crippen LogP contribution in [-0.4, -0.2) is 18.2 Å². The molecule has 0 aliphatic rings. The Morgan fingerprint density at radius 1 is 1.19 bits per heavy atom. The van der Waals surface area contributed by atoms with E-state index in [1.807, 2.05) is 62.4 Å². The van der Waals surface area contributed by atoms with Crippen LogP contribution in [0.15, 0.2) is 53.0 Å². The molecule has 0 spiro atoms. The molecule has 1 atom stereocenters. The van der Waals surface area contributed by atoms with Crippen molar-refractivity contribution < 1.29 is 14.3 Å². The van der Waals surface area contributed by atoms with Crippen molar-refractivity contribution in [3.63, 3.8) is 0 Å². The molecule has 5 heteroatoms. The van der Waals surface area contributed by atoms with Crippen molar-refractivity contribution in [2.45, 2.75) is 46.3 Å². The molecule has 2 aromatic rings. The summed E-state index contributed by atoms with van der Waals surface area (Å²) in [7, 11) is 0. The van der Waals surface area contributed by atoms with Gasteiger partial charge in [0.1, 0.15) is 19.0 Å². The number of carbonyl (C=O) groups excluding carboxylic acids is 1. The van der Waals surface area contributed by atoms with Crippen LogP contribution < -0.4 is 10.1 Å². The van der Waals surface area contributed by atoms with Gasteiger partial charge in [-0.05, 0) is 55.5 Å². The fourth-order valence-corrected chi connectivity index (χ4v) is 3.54. The number of amides is 1. The molecule has 2 rings (SSSR count). The number of nitrogens with one attached hydrogen (secondary N) is 1. The van der Waals surface area contributed by atoms with Gasteiger partial charge in [-0.25, -0.2) is 4.79 Å². The van der Waals surface area contributed by atoms with Crippen molar-refractivity contribution in [2.24, 2.45) is 5.92 Å². The fourth-order valence-electron chi connectivity index (χ4n) is 3.06. The van der Waals surface area contributed by atoms with Gasteiger partial charge < -0.3 is 14.8 Å². The molecule has 0 aliphatic heterocycles. The van der Waals surface area contributed by atoms with E-state index in [9.17, 15) is 4.79 Å². The van der Waals surface area contributed by atoms with Gasteiger partial charge in [-0.15, -0.1) is 0 Å². The van der Waals surface area contributed by atoms with E-state index >= 15 is 0 Å². The van der Waals surface area contributed by atoms with Crippen molar-refractivity contribution in [3.8, 4) is 5.75 Å². The largest absolute Gasteiger partial charge is 0.491 e. The predicted octanol–water partition coefficient (Wildman–Crippen LogP) is 5.87. The Kier molecular flexibility index (Phi) is 7.72. The van der Waals surface area contributed by atoms with Crippen LogP contribution in [0.2, 0.25) is 0 Å². The normalized spacial score (nSPS) is 13.1. The number of aryl methyl sites for hydroxylation is 1. The number of halogens is 1. The van der Waals surface area contributed by atoms with Crippen molar-refractivity contribution in [1.29, 1.82) is 0 Å². The Morgan fingerprint density at radius 3 is 2.52 bits per heavy atom. The number of benzene rings is 2. The minimum absolute atomic E-state index is 0.247. The van der Waals surface area contributed by atoms with Gasteiger partial charge in [0.15, 0.2) is 0 Å². The second-order valence-electron chi connectivity index (χ2n) is 7.54. The molecule has 1 amide bonds. The van der Waals surface area contributed by atoms with E-state index in [1.165, 1.54) is 0 Å². The van der Waals surface area contributed by atoms with E-state index in [-0.39, 0.29) is 6.61 Å². The molecule has 2 aromatic carbocycles. The standard InChI is InChI=1S/C22H28BrNO3/c1-16(2)13-22(4,15-27-20-11-10-19(23)12-17(20)3)24-21(25)26-14-18-8-6-5-7-9-18/h5-12,16H,13-15H2,1-4H3,(H,24,25). The second-order valence-corrected chi connectivity index (χ2v) is 8.46. The highest BCUT2D eigenvalue weighted by atomic mass is 79.9. The van der Waals surface area contributed by atoms with Crippen molar-refractivity contribution in [2.75, 3.05) is 6.61 Å². The molecule has 0 radical (unpaired) electrons. The van der Waals surface area contributed by atoms with Crippen LogP contribution in [-0.2, 0) is 11.3 Å². The number of alkyl carbamates (subject to hydrolysis) is 1. The molecule has 0 aromatic heterocycles. The third-order valence-corrected chi connectivity index (χ3v) is 4.65. The number of ether oxygens (including phenoxy) is 2. The first kappa shape index (κ1) is 21.3. The van der Waals surface area contributed by atoms with Gasteiger partial charge in [-0.2, -0.15) is 0 Å². The maximum absolute atomic E-state index is 12.3. The van der Waals surface area contributed by atoms with Crippen molar-refractivity contribution in [1.82, 2.24) is 5.32 Å². The number of hydrogen-bond donors (Lipinski definition) is 1. The molecule has 1 N–H and O–H groups in total. The van der Waals surface area contributed by atoms with E-state index in [0.717, 1.165) is 27.8 Å². The lowest BCUT2D eigenvalue weighted by Crippen LogP contribution is -2.51. The summed E-state index contributed by atoms with van der Waals surface area (Å²) in [5.41, 5.74) is 1.48. The highest BCUT2D eigenvalue weighted by Crippen LogP contribution is 2.25. The molecule has 146 valence electrons. The van der Waals surface area contributed by atoms with Crippen LogP contribution >= 0.6 is 15.9 Å². The number of carbonyl (C=O) groups is 1. The summed E-state index contributed by atoms with van der Waals surface area (Å²) < 4.78 is 12.4. The van der Waals surface area contributed by atoms with Crippen LogP contribution in [0, 0.1) is 12.8 Å². The Hall–Kier alpha value is -2.01. The summed E-state index contributed by atoms with van der Waals surface area (Å²) in [4.78, 5) is 12.3.